The molecular formula is C14H20O2. The second-order valence-corrected chi connectivity index (χ2v) is 4.76. The summed E-state index contributed by atoms with van der Waals surface area (Å²) in [6, 6.07) is 5.67. The van der Waals surface area contributed by atoms with Gasteiger partial charge in [-0.05, 0) is 55.9 Å². The highest BCUT2D eigenvalue weighted by molar-refractivity contribution is 5.36. The number of hydrogen-bond acceptors (Lipinski definition) is 2. The molecule has 1 aliphatic heterocycles. The van der Waals surface area contributed by atoms with E-state index in [-0.39, 0.29) is 0 Å². The van der Waals surface area contributed by atoms with E-state index >= 15 is 0 Å². The Balaban J connectivity index is 2.12. The number of hydrogen-bond donors (Lipinski definition) is 1. The summed E-state index contributed by atoms with van der Waals surface area (Å²) in [5.41, 5.74) is 2.53. The Kier molecular flexibility index (Phi) is 3.20. The fourth-order valence-electron chi connectivity index (χ4n) is 2.39. The van der Waals surface area contributed by atoms with Gasteiger partial charge in [0.2, 0.25) is 0 Å². The summed E-state index contributed by atoms with van der Waals surface area (Å²) in [7, 11) is 0. The van der Waals surface area contributed by atoms with Crippen molar-refractivity contribution in [3.63, 3.8) is 0 Å². The van der Waals surface area contributed by atoms with E-state index in [1.54, 1.807) is 6.07 Å². The van der Waals surface area contributed by atoms with Crippen molar-refractivity contribution < 1.29 is 9.84 Å². The molecule has 1 saturated heterocycles. The molecule has 0 radical (unpaired) electrons. The van der Waals surface area contributed by atoms with Gasteiger partial charge in [0.1, 0.15) is 5.75 Å². The second kappa shape index (κ2) is 4.46. The molecule has 0 amide bonds. The van der Waals surface area contributed by atoms with Gasteiger partial charge in [-0.3, -0.25) is 0 Å². The van der Waals surface area contributed by atoms with E-state index in [4.69, 9.17) is 4.74 Å². The number of aryl methyl sites for hydroxylation is 1. The largest absolute Gasteiger partial charge is 0.508 e. The van der Waals surface area contributed by atoms with Crippen LogP contribution in [-0.4, -0.2) is 17.3 Å². The molecular weight excluding hydrogens is 200 g/mol. The molecule has 3 atom stereocenters. The molecule has 0 aliphatic carbocycles. The topological polar surface area (TPSA) is 32.8 Å². The lowest BCUT2D eigenvalue weighted by atomic mass is 9.88. The van der Waals surface area contributed by atoms with Crippen LogP contribution in [0.25, 0.3) is 0 Å². The van der Waals surface area contributed by atoms with Crippen LogP contribution in [0.3, 0.4) is 0 Å². The molecule has 88 valence electrons. The van der Waals surface area contributed by atoms with Crippen LogP contribution in [-0.2, 0) is 4.74 Å². The van der Waals surface area contributed by atoms with Crippen LogP contribution >= 0.6 is 0 Å². The van der Waals surface area contributed by atoms with Crippen LogP contribution in [0.5, 0.6) is 5.75 Å². The highest BCUT2D eigenvalue weighted by Gasteiger charge is 2.36. The molecule has 1 heterocycles. The molecule has 0 aromatic heterocycles. The lowest BCUT2D eigenvalue weighted by molar-refractivity contribution is 0.357. The van der Waals surface area contributed by atoms with E-state index in [0.29, 0.717) is 23.9 Å². The van der Waals surface area contributed by atoms with Gasteiger partial charge in [0, 0.05) is 0 Å². The van der Waals surface area contributed by atoms with Gasteiger partial charge in [-0.2, -0.15) is 0 Å². The SMILES string of the molecule is CCC(CC1OC1C)c1ccc(O)cc1C. The first-order chi connectivity index (χ1) is 7.61. The molecule has 3 unspecified atom stereocenters. The summed E-state index contributed by atoms with van der Waals surface area (Å²) in [5.74, 6) is 0.905. The Labute approximate surface area is 97.3 Å². The molecule has 1 fully saturated rings. The summed E-state index contributed by atoms with van der Waals surface area (Å²) in [4.78, 5) is 0. The Morgan fingerprint density at radius 3 is 2.62 bits per heavy atom. The van der Waals surface area contributed by atoms with Crippen molar-refractivity contribution in [2.24, 2.45) is 0 Å². The van der Waals surface area contributed by atoms with Crippen molar-refractivity contribution >= 4 is 0 Å². The van der Waals surface area contributed by atoms with Crippen molar-refractivity contribution in [3.8, 4) is 5.75 Å². The maximum atomic E-state index is 9.40. The average molecular weight is 220 g/mol. The lowest BCUT2D eigenvalue weighted by Gasteiger charge is -2.17. The van der Waals surface area contributed by atoms with Crippen LogP contribution in [0.2, 0.25) is 0 Å². The summed E-state index contributed by atoms with van der Waals surface area (Å²) in [5, 5.41) is 9.40. The average Bonchev–Trinajstić information content (AvgIpc) is 2.92. The third-order valence-corrected chi connectivity index (χ3v) is 3.54. The Morgan fingerprint density at radius 2 is 2.12 bits per heavy atom. The number of aromatic hydroxyl groups is 1. The molecule has 1 aliphatic rings. The zero-order valence-electron chi connectivity index (χ0n) is 10.2. The molecule has 1 N–H and O–H groups in total. The van der Waals surface area contributed by atoms with Crippen molar-refractivity contribution in [3.05, 3.63) is 29.3 Å². The minimum absolute atomic E-state index is 0.354. The number of phenols is 1. The van der Waals surface area contributed by atoms with E-state index in [1.807, 2.05) is 12.1 Å². The fraction of sp³-hybridized carbons (Fsp3) is 0.571. The van der Waals surface area contributed by atoms with Crippen LogP contribution in [0.15, 0.2) is 18.2 Å². The summed E-state index contributed by atoms with van der Waals surface area (Å²) in [6.07, 6.45) is 3.10. The molecule has 0 bridgehead atoms. The first kappa shape index (κ1) is 11.5. The monoisotopic (exact) mass is 220 g/mol. The first-order valence-corrected chi connectivity index (χ1v) is 6.06. The third-order valence-electron chi connectivity index (χ3n) is 3.54. The van der Waals surface area contributed by atoms with E-state index in [9.17, 15) is 5.11 Å². The van der Waals surface area contributed by atoms with Gasteiger partial charge in [0.25, 0.3) is 0 Å². The highest BCUT2D eigenvalue weighted by Crippen LogP contribution is 2.36. The number of ether oxygens (including phenoxy) is 1. The maximum absolute atomic E-state index is 9.40. The number of epoxide rings is 1. The predicted octanol–water partition coefficient (Wildman–Crippen LogP) is 3.37. The quantitative estimate of drug-likeness (QED) is 0.789. The molecule has 2 nitrogen and oxygen atoms in total. The summed E-state index contributed by atoms with van der Waals surface area (Å²) >= 11 is 0. The molecule has 16 heavy (non-hydrogen) atoms. The number of rotatable bonds is 4. The Morgan fingerprint density at radius 1 is 1.44 bits per heavy atom. The normalized spacial score (nSPS) is 25.4. The molecule has 2 rings (SSSR count). The van der Waals surface area contributed by atoms with Gasteiger partial charge in [-0.1, -0.05) is 13.0 Å². The van der Waals surface area contributed by atoms with Gasteiger partial charge in [-0.25, -0.2) is 0 Å². The molecule has 2 heteroatoms. The molecule has 0 saturated carbocycles. The third kappa shape index (κ3) is 2.38. The Bertz CT molecular complexity index is 373. The first-order valence-electron chi connectivity index (χ1n) is 6.06. The van der Waals surface area contributed by atoms with Crippen molar-refractivity contribution in [2.75, 3.05) is 0 Å². The molecule has 1 aromatic rings. The fourth-order valence-corrected chi connectivity index (χ4v) is 2.39. The van der Waals surface area contributed by atoms with Crippen LogP contribution < -0.4 is 0 Å². The van der Waals surface area contributed by atoms with Gasteiger partial charge < -0.3 is 9.84 Å². The van der Waals surface area contributed by atoms with Crippen molar-refractivity contribution in [2.45, 2.75) is 51.7 Å². The van der Waals surface area contributed by atoms with Gasteiger partial charge >= 0.3 is 0 Å². The van der Waals surface area contributed by atoms with Crippen molar-refractivity contribution in [1.82, 2.24) is 0 Å². The van der Waals surface area contributed by atoms with Gasteiger partial charge in [0.15, 0.2) is 0 Å². The number of phenolic OH excluding ortho intramolecular Hbond substituents is 1. The van der Waals surface area contributed by atoms with E-state index in [2.05, 4.69) is 20.8 Å². The van der Waals surface area contributed by atoms with E-state index < -0.39 is 0 Å². The van der Waals surface area contributed by atoms with E-state index in [1.165, 1.54) is 11.1 Å². The van der Waals surface area contributed by atoms with Crippen LogP contribution in [0, 0.1) is 6.92 Å². The van der Waals surface area contributed by atoms with Gasteiger partial charge in [-0.15, -0.1) is 0 Å². The predicted molar refractivity (Wildman–Crippen MR) is 64.8 cm³/mol. The standard InChI is InChI=1S/C14H20O2/c1-4-11(8-14-10(3)16-14)13-6-5-12(15)7-9(13)2/h5-7,10-11,14-15H,4,8H2,1-3H3. The smallest absolute Gasteiger partial charge is 0.115 e. The summed E-state index contributed by atoms with van der Waals surface area (Å²) < 4.78 is 5.48. The van der Waals surface area contributed by atoms with E-state index in [0.717, 1.165) is 12.8 Å². The van der Waals surface area contributed by atoms with Crippen LogP contribution in [0.1, 0.15) is 43.7 Å². The number of benzene rings is 1. The minimum atomic E-state index is 0.354. The second-order valence-electron chi connectivity index (χ2n) is 4.76. The van der Waals surface area contributed by atoms with Crippen molar-refractivity contribution in [1.29, 1.82) is 0 Å². The molecule has 1 aromatic carbocycles. The van der Waals surface area contributed by atoms with Gasteiger partial charge in [0.05, 0.1) is 12.2 Å². The lowest BCUT2D eigenvalue weighted by Crippen LogP contribution is -2.04. The zero-order valence-corrected chi connectivity index (χ0v) is 10.2. The highest BCUT2D eigenvalue weighted by atomic mass is 16.6. The summed E-state index contributed by atoms with van der Waals surface area (Å²) in [6.45, 7) is 6.40. The Hall–Kier alpha value is -1.02. The zero-order chi connectivity index (χ0) is 11.7. The maximum Gasteiger partial charge on any atom is 0.115 e. The minimum Gasteiger partial charge on any atom is -0.508 e. The van der Waals surface area contributed by atoms with Crippen LogP contribution in [0.4, 0.5) is 0 Å². The molecule has 0 spiro atoms.